The van der Waals surface area contributed by atoms with Gasteiger partial charge in [0, 0.05) is 5.75 Å². The van der Waals surface area contributed by atoms with Crippen LogP contribution >= 0.6 is 11.8 Å². The summed E-state index contributed by atoms with van der Waals surface area (Å²) in [5, 5.41) is 0. The zero-order valence-electron chi connectivity index (χ0n) is 9.86. The summed E-state index contributed by atoms with van der Waals surface area (Å²) in [5.74, 6) is 2.36. The molecule has 0 aromatic heterocycles. The second kappa shape index (κ2) is 10.4. The van der Waals surface area contributed by atoms with Crippen LogP contribution in [0.4, 0.5) is 0 Å². The molecule has 0 bridgehead atoms. The van der Waals surface area contributed by atoms with Crippen LogP contribution in [0, 0.1) is 5.92 Å². The van der Waals surface area contributed by atoms with Gasteiger partial charge in [0.1, 0.15) is 0 Å². The normalized spacial score (nSPS) is 13.3. The van der Waals surface area contributed by atoms with Gasteiger partial charge in [-0.1, -0.05) is 20.3 Å². The topological polar surface area (TPSA) is 57.2 Å². The average molecular weight is 262 g/mol. The van der Waals surface area contributed by atoms with Crippen molar-refractivity contribution in [1.82, 2.24) is 0 Å². The molecule has 0 spiro atoms. The number of hydrogen-bond acceptors (Lipinski definition) is 4. The van der Waals surface area contributed by atoms with Crippen molar-refractivity contribution in [3.63, 3.8) is 0 Å². The fraction of sp³-hybridized carbons (Fsp3) is 1.00. The molecule has 0 aromatic carbocycles. The molecule has 15 heavy (non-hydrogen) atoms. The van der Waals surface area contributed by atoms with Gasteiger partial charge in [-0.3, -0.25) is 0 Å². The van der Waals surface area contributed by atoms with Crippen molar-refractivity contribution in [2.24, 2.45) is 5.92 Å². The first kappa shape index (κ1) is 18.6. The van der Waals surface area contributed by atoms with Crippen LogP contribution in [0.15, 0.2) is 0 Å². The van der Waals surface area contributed by atoms with Crippen LogP contribution in [0.2, 0.25) is 0 Å². The molecule has 0 N–H and O–H groups in total. The monoisotopic (exact) mass is 262 g/mol. The van der Waals surface area contributed by atoms with Crippen molar-refractivity contribution >= 4 is 21.9 Å². The third-order valence-electron chi connectivity index (χ3n) is 2.13. The molecule has 0 aromatic rings. The van der Waals surface area contributed by atoms with Gasteiger partial charge in [-0.15, -0.1) is 0 Å². The third-order valence-corrected chi connectivity index (χ3v) is 4.03. The summed E-state index contributed by atoms with van der Waals surface area (Å²) in [6, 6.07) is 0. The van der Waals surface area contributed by atoms with E-state index in [1.54, 1.807) is 11.8 Å². The predicted molar refractivity (Wildman–Crippen MR) is 60.6 cm³/mol. The van der Waals surface area contributed by atoms with Crippen LogP contribution in [0.3, 0.4) is 0 Å². The van der Waals surface area contributed by atoms with Crippen molar-refractivity contribution in [1.29, 1.82) is 0 Å². The summed E-state index contributed by atoms with van der Waals surface area (Å²) in [4.78, 5) is 0. The first-order valence-electron chi connectivity index (χ1n) is 4.97. The summed E-state index contributed by atoms with van der Waals surface area (Å²) in [6.45, 7) is 4.38. The van der Waals surface area contributed by atoms with Gasteiger partial charge in [0.25, 0.3) is 0 Å². The van der Waals surface area contributed by atoms with Crippen LogP contribution in [0.1, 0.15) is 33.1 Å². The molecule has 1 atom stereocenters. The van der Waals surface area contributed by atoms with E-state index in [1.807, 2.05) is 0 Å². The molecule has 0 radical (unpaired) electrons. The van der Waals surface area contributed by atoms with Gasteiger partial charge < -0.3 is 4.55 Å². The van der Waals surface area contributed by atoms with Gasteiger partial charge in [0.15, 0.2) is 0 Å². The standard InChI is InChI=1S/C9H20O3S2.Na/c1-3-9(2)5-7-13-6-4-8-14(10,11)12;/h9H,3-8H2,1-2H3,(H,10,11,12);/q;+1/p-1. The first-order chi connectivity index (χ1) is 6.45. The molecule has 0 saturated carbocycles. The molecule has 1 unspecified atom stereocenters. The zero-order chi connectivity index (χ0) is 11.0. The Bertz CT molecular complexity index is 230. The second-order valence-electron chi connectivity index (χ2n) is 3.53. The first-order valence-corrected chi connectivity index (χ1v) is 7.70. The summed E-state index contributed by atoms with van der Waals surface area (Å²) in [6.07, 6.45) is 2.85. The molecule has 0 heterocycles. The summed E-state index contributed by atoms with van der Waals surface area (Å²) >= 11 is 1.73. The SMILES string of the molecule is CCC(C)CCSCCCS(=O)(=O)[O-].[Na+]. The van der Waals surface area contributed by atoms with E-state index in [0.29, 0.717) is 6.42 Å². The Hall–Kier alpha value is 1.26. The van der Waals surface area contributed by atoms with E-state index in [-0.39, 0.29) is 35.3 Å². The Morgan fingerprint density at radius 3 is 2.40 bits per heavy atom. The molecular formula is C9H19NaO3S2. The molecule has 3 nitrogen and oxygen atoms in total. The summed E-state index contributed by atoms with van der Waals surface area (Å²) in [7, 11) is -4.00. The number of hydrogen-bond donors (Lipinski definition) is 0. The minimum atomic E-state index is -4.00. The molecule has 0 saturated heterocycles. The van der Waals surface area contributed by atoms with Crippen LogP contribution in [0.25, 0.3) is 0 Å². The van der Waals surface area contributed by atoms with E-state index in [4.69, 9.17) is 0 Å². The average Bonchev–Trinajstić information content (AvgIpc) is 2.08. The van der Waals surface area contributed by atoms with E-state index < -0.39 is 10.1 Å². The minimum Gasteiger partial charge on any atom is -0.748 e. The minimum absolute atomic E-state index is 0. The van der Waals surface area contributed by atoms with Crippen LogP contribution in [0.5, 0.6) is 0 Å². The van der Waals surface area contributed by atoms with Gasteiger partial charge >= 0.3 is 29.6 Å². The summed E-state index contributed by atoms with van der Waals surface area (Å²) < 4.78 is 30.8. The van der Waals surface area contributed by atoms with Gasteiger partial charge in [-0.25, -0.2) is 8.42 Å². The van der Waals surface area contributed by atoms with Crippen molar-refractivity contribution in [2.45, 2.75) is 33.1 Å². The molecular weight excluding hydrogens is 243 g/mol. The molecule has 0 aliphatic carbocycles. The van der Waals surface area contributed by atoms with E-state index in [2.05, 4.69) is 13.8 Å². The van der Waals surface area contributed by atoms with E-state index in [1.165, 1.54) is 12.8 Å². The fourth-order valence-corrected chi connectivity index (χ4v) is 2.73. The molecule has 0 amide bonds. The van der Waals surface area contributed by atoms with Crippen LogP contribution in [-0.2, 0) is 10.1 Å². The van der Waals surface area contributed by atoms with E-state index >= 15 is 0 Å². The summed E-state index contributed by atoms with van der Waals surface area (Å²) in [5.41, 5.74) is 0. The molecule has 0 aliphatic rings. The Labute approximate surface area is 120 Å². The van der Waals surface area contributed by atoms with Crippen molar-refractivity contribution < 1.29 is 42.5 Å². The Kier molecular flexibility index (Phi) is 12.9. The van der Waals surface area contributed by atoms with Crippen LogP contribution < -0.4 is 29.6 Å². The zero-order valence-corrected chi connectivity index (χ0v) is 13.5. The predicted octanol–water partition coefficient (Wildman–Crippen LogP) is -0.905. The Morgan fingerprint density at radius 2 is 1.93 bits per heavy atom. The van der Waals surface area contributed by atoms with Crippen LogP contribution in [-0.4, -0.2) is 30.2 Å². The Morgan fingerprint density at radius 1 is 1.33 bits per heavy atom. The van der Waals surface area contributed by atoms with Gasteiger partial charge in [0.05, 0.1) is 10.1 Å². The number of thioether (sulfide) groups is 1. The molecule has 0 rings (SSSR count). The van der Waals surface area contributed by atoms with Crippen molar-refractivity contribution in [3.8, 4) is 0 Å². The smallest absolute Gasteiger partial charge is 0.748 e. The fourth-order valence-electron chi connectivity index (χ4n) is 0.928. The largest absolute Gasteiger partial charge is 1.00 e. The molecule has 0 fully saturated rings. The number of rotatable bonds is 8. The third kappa shape index (κ3) is 15.3. The maximum absolute atomic E-state index is 10.3. The maximum atomic E-state index is 10.3. The van der Waals surface area contributed by atoms with Gasteiger partial charge in [-0.2, -0.15) is 11.8 Å². The van der Waals surface area contributed by atoms with Gasteiger partial charge in [0.2, 0.25) is 0 Å². The molecule has 86 valence electrons. The molecule has 0 aliphatic heterocycles. The quantitative estimate of drug-likeness (QED) is 0.323. The van der Waals surface area contributed by atoms with Gasteiger partial charge in [-0.05, 0) is 30.3 Å². The Balaban J connectivity index is 0. The maximum Gasteiger partial charge on any atom is 1.00 e. The van der Waals surface area contributed by atoms with E-state index in [9.17, 15) is 13.0 Å². The van der Waals surface area contributed by atoms with Crippen molar-refractivity contribution in [3.05, 3.63) is 0 Å². The van der Waals surface area contributed by atoms with E-state index in [0.717, 1.165) is 17.4 Å². The molecule has 6 heteroatoms. The van der Waals surface area contributed by atoms with Crippen molar-refractivity contribution in [2.75, 3.05) is 17.3 Å². The second-order valence-corrected chi connectivity index (χ2v) is 6.28.